The molecule has 9 heteroatoms. The molecular formula is C10H11N5O4. The molecule has 0 bridgehead atoms. The van der Waals surface area contributed by atoms with Crippen LogP contribution in [0.5, 0.6) is 6.01 Å². The predicted molar refractivity (Wildman–Crippen MR) is 61.2 cm³/mol. The molecule has 2 aromatic heterocycles. The average Bonchev–Trinajstić information content (AvgIpc) is 3.00. The fourth-order valence-electron chi connectivity index (χ4n) is 2.54. The number of fused-ring (bicyclic) bond motifs is 5. The van der Waals surface area contributed by atoms with Crippen LogP contribution in [0.4, 0.5) is 5.82 Å². The van der Waals surface area contributed by atoms with Crippen molar-refractivity contribution >= 4 is 17.0 Å². The number of hydrogen-bond acceptors (Lipinski definition) is 8. The highest BCUT2D eigenvalue weighted by atomic mass is 16.6. The largest absolute Gasteiger partial charge is 0.454 e. The minimum atomic E-state index is -0.911. The van der Waals surface area contributed by atoms with Crippen molar-refractivity contribution in [2.75, 3.05) is 12.3 Å². The third-order valence-electron chi connectivity index (χ3n) is 3.46. The third-order valence-corrected chi connectivity index (χ3v) is 3.46. The van der Waals surface area contributed by atoms with Crippen LogP contribution in [0.1, 0.15) is 6.23 Å². The Labute approximate surface area is 106 Å². The van der Waals surface area contributed by atoms with Gasteiger partial charge in [0.25, 0.3) is 0 Å². The maximum atomic E-state index is 9.97. The zero-order chi connectivity index (χ0) is 13.1. The van der Waals surface area contributed by atoms with Gasteiger partial charge in [0.1, 0.15) is 18.5 Å². The van der Waals surface area contributed by atoms with Crippen molar-refractivity contribution in [2.45, 2.75) is 24.5 Å². The number of rotatable bonds is 1. The quantitative estimate of drug-likeness (QED) is 0.563. The highest BCUT2D eigenvalue weighted by Crippen LogP contribution is 2.42. The first-order chi connectivity index (χ1) is 9.20. The maximum absolute atomic E-state index is 9.97. The Bertz CT molecular complexity index is 659. The van der Waals surface area contributed by atoms with Gasteiger partial charge in [0, 0.05) is 0 Å². The van der Waals surface area contributed by atoms with Crippen LogP contribution in [-0.2, 0) is 4.74 Å². The zero-order valence-electron chi connectivity index (χ0n) is 9.67. The summed E-state index contributed by atoms with van der Waals surface area (Å²) < 4.78 is 12.8. The first-order valence-electron chi connectivity index (χ1n) is 5.80. The molecule has 100 valence electrons. The number of ether oxygens (including phenoxy) is 2. The number of aromatic nitrogens is 4. The number of aliphatic hydroxyl groups excluding tert-OH is 2. The predicted octanol–water partition coefficient (Wildman–Crippen LogP) is -1.58. The van der Waals surface area contributed by atoms with Crippen LogP contribution in [0, 0.1) is 0 Å². The van der Waals surface area contributed by atoms with Gasteiger partial charge in [-0.05, 0) is 0 Å². The smallest absolute Gasteiger partial charge is 0.301 e. The van der Waals surface area contributed by atoms with E-state index in [2.05, 4.69) is 15.0 Å². The van der Waals surface area contributed by atoms with Crippen molar-refractivity contribution in [3.63, 3.8) is 0 Å². The van der Waals surface area contributed by atoms with E-state index in [1.807, 2.05) is 0 Å². The molecule has 0 spiro atoms. The molecule has 0 aliphatic carbocycles. The second-order valence-electron chi connectivity index (χ2n) is 4.52. The van der Waals surface area contributed by atoms with Crippen LogP contribution in [0.25, 0.3) is 11.2 Å². The van der Waals surface area contributed by atoms with Crippen LogP contribution in [0.2, 0.25) is 0 Å². The Kier molecular flexibility index (Phi) is 2.03. The summed E-state index contributed by atoms with van der Waals surface area (Å²) in [5.74, 6) is 0.254. The lowest BCUT2D eigenvalue weighted by Gasteiger charge is -2.13. The van der Waals surface area contributed by atoms with E-state index in [4.69, 9.17) is 20.3 Å². The van der Waals surface area contributed by atoms with Crippen molar-refractivity contribution in [3.05, 3.63) is 6.33 Å². The first-order valence-corrected chi connectivity index (χ1v) is 5.80. The summed E-state index contributed by atoms with van der Waals surface area (Å²) in [5.41, 5.74) is 6.64. The van der Waals surface area contributed by atoms with E-state index in [0.717, 1.165) is 0 Å². The fourth-order valence-corrected chi connectivity index (χ4v) is 2.54. The van der Waals surface area contributed by atoms with Crippen LogP contribution < -0.4 is 10.5 Å². The summed E-state index contributed by atoms with van der Waals surface area (Å²) in [6.45, 7) is -0.281. The van der Waals surface area contributed by atoms with Gasteiger partial charge >= 0.3 is 6.01 Å². The molecule has 4 heterocycles. The number of nitrogens with two attached hydrogens (primary N) is 1. The molecule has 2 aliphatic heterocycles. The molecule has 0 aromatic carbocycles. The Morgan fingerprint density at radius 2 is 2.26 bits per heavy atom. The van der Waals surface area contributed by atoms with Crippen LogP contribution in [-0.4, -0.2) is 54.7 Å². The summed E-state index contributed by atoms with van der Waals surface area (Å²) >= 11 is 0. The van der Waals surface area contributed by atoms with Crippen molar-refractivity contribution < 1.29 is 19.7 Å². The Hall–Kier alpha value is -1.97. The lowest BCUT2D eigenvalue weighted by molar-refractivity contribution is -0.0419. The molecule has 1 saturated heterocycles. The topological polar surface area (TPSA) is 129 Å². The number of imidazole rings is 1. The third kappa shape index (κ3) is 1.26. The van der Waals surface area contributed by atoms with Gasteiger partial charge < -0.3 is 25.4 Å². The molecular weight excluding hydrogens is 254 g/mol. The molecule has 0 radical (unpaired) electrons. The molecule has 19 heavy (non-hydrogen) atoms. The van der Waals surface area contributed by atoms with Crippen molar-refractivity contribution in [1.82, 2.24) is 19.5 Å². The monoisotopic (exact) mass is 265 g/mol. The molecule has 4 rings (SSSR count). The van der Waals surface area contributed by atoms with Gasteiger partial charge in [0.15, 0.2) is 29.3 Å². The SMILES string of the molecule is Nc1ncnc2c1nc1n2C2OC(CO)C(O)C2O1. The minimum absolute atomic E-state index is 0.254. The highest BCUT2D eigenvalue weighted by molar-refractivity contribution is 5.82. The summed E-state index contributed by atoms with van der Waals surface area (Å²) in [6.07, 6.45) is -1.43. The molecule has 4 N–H and O–H groups in total. The fraction of sp³-hybridized carbons (Fsp3) is 0.500. The normalized spacial score (nSPS) is 32.3. The second kappa shape index (κ2) is 3.53. The minimum Gasteiger partial charge on any atom is -0.454 e. The molecule has 9 nitrogen and oxygen atoms in total. The molecule has 4 unspecified atom stereocenters. The van der Waals surface area contributed by atoms with Crippen LogP contribution in [0.3, 0.4) is 0 Å². The Morgan fingerprint density at radius 3 is 3.05 bits per heavy atom. The van der Waals surface area contributed by atoms with E-state index >= 15 is 0 Å². The van der Waals surface area contributed by atoms with Gasteiger partial charge in [-0.25, -0.2) is 14.5 Å². The van der Waals surface area contributed by atoms with E-state index < -0.39 is 24.5 Å². The van der Waals surface area contributed by atoms with Crippen molar-refractivity contribution in [1.29, 1.82) is 0 Å². The zero-order valence-corrected chi connectivity index (χ0v) is 9.67. The van der Waals surface area contributed by atoms with Crippen molar-refractivity contribution in [2.24, 2.45) is 0 Å². The van der Waals surface area contributed by atoms with Gasteiger partial charge in [-0.3, -0.25) is 0 Å². The number of nitrogens with zero attached hydrogens (tertiary/aromatic N) is 4. The van der Waals surface area contributed by atoms with Crippen LogP contribution in [0.15, 0.2) is 6.33 Å². The van der Waals surface area contributed by atoms with Crippen molar-refractivity contribution in [3.8, 4) is 6.01 Å². The van der Waals surface area contributed by atoms with Gasteiger partial charge in [0.05, 0.1) is 6.61 Å². The van der Waals surface area contributed by atoms with E-state index in [1.54, 1.807) is 4.57 Å². The first kappa shape index (κ1) is 10.9. The summed E-state index contributed by atoms with van der Waals surface area (Å²) in [5, 5.41) is 19.1. The van der Waals surface area contributed by atoms with Crippen LogP contribution >= 0.6 is 0 Å². The van der Waals surface area contributed by atoms with Gasteiger partial charge in [-0.2, -0.15) is 4.98 Å². The molecule has 1 fully saturated rings. The summed E-state index contributed by atoms with van der Waals surface area (Å²) in [4.78, 5) is 12.2. The van der Waals surface area contributed by atoms with E-state index in [0.29, 0.717) is 11.2 Å². The highest BCUT2D eigenvalue weighted by Gasteiger charge is 2.52. The lowest BCUT2D eigenvalue weighted by Crippen LogP contribution is -2.34. The maximum Gasteiger partial charge on any atom is 0.301 e. The van der Waals surface area contributed by atoms with E-state index in [1.165, 1.54) is 6.33 Å². The summed E-state index contributed by atoms with van der Waals surface area (Å²) in [6, 6.07) is 0.285. The molecule has 2 aromatic rings. The number of hydrogen-bond donors (Lipinski definition) is 3. The van der Waals surface area contributed by atoms with E-state index in [9.17, 15) is 5.11 Å². The van der Waals surface area contributed by atoms with Gasteiger partial charge in [0.2, 0.25) is 0 Å². The summed E-state index contributed by atoms with van der Waals surface area (Å²) in [7, 11) is 0. The van der Waals surface area contributed by atoms with E-state index in [-0.39, 0.29) is 18.4 Å². The molecule has 2 aliphatic rings. The molecule has 0 amide bonds. The van der Waals surface area contributed by atoms with Gasteiger partial charge in [-0.15, -0.1) is 0 Å². The number of nitrogen functional groups attached to an aromatic ring is 1. The molecule has 4 atom stereocenters. The Morgan fingerprint density at radius 1 is 1.42 bits per heavy atom. The van der Waals surface area contributed by atoms with Gasteiger partial charge in [-0.1, -0.05) is 0 Å². The second-order valence-corrected chi connectivity index (χ2v) is 4.52. The average molecular weight is 265 g/mol. The Balaban J connectivity index is 1.86. The standard InChI is InChI=1S/C10H11N5O4/c11-7-4-8(13-2-12-7)15-9-6(19-10(15)14-4)5(17)3(1-16)18-9/h2-3,5-6,9,16-17H,1H2,(H2,11,12,13). The molecule has 0 saturated carbocycles. The number of aliphatic hydroxyl groups is 2. The number of anilines is 1. The lowest BCUT2D eigenvalue weighted by atomic mass is 10.1.